The Morgan fingerprint density at radius 1 is 1.28 bits per heavy atom. The maximum absolute atomic E-state index is 9.50. The van der Waals surface area contributed by atoms with Crippen LogP contribution in [0.25, 0.3) is 0 Å². The van der Waals surface area contributed by atoms with Crippen LogP contribution in [-0.2, 0) is 6.61 Å². The Bertz CT molecular complexity index is 406. The topological polar surface area (TPSA) is 23.5 Å². The summed E-state index contributed by atoms with van der Waals surface area (Å²) in [5, 5.41) is 9.50. The summed E-state index contributed by atoms with van der Waals surface area (Å²) in [5.74, 6) is 0. The number of hydrogen-bond acceptors (Lipinski definition) is 2. The van der Waals surface area contributed by atoms with Crippen molar-refractivity contribution in [1.82, 2.24) is 0 Å². The monoisotopic (exact) mass is 247 g/mol. The number of piperidine rings is 1. The first kappa shape index (κ1) is 13.4. The number of hydrogen-bond donors (Lipinski definition) is 1. The van der Waals surface area contributed by atoms with Gasteiger partial charge in [0.15, 0.2) is 0 Å². The van der Waals surface area contributed by atoms with Crippen LogP contribution in [0.4, 0.5) is 5.69 Å². The number of aliphatic hydroxyl groups excluding tert-OH is 1. The molecule has 0 bridgehead atoms. The van der Waals surface area contributed by atoms with Gasteiger partial charge in [0.1, 0.15) is 0 Å². The molecular formula is C16H25NO. The summed E-state index contributed by atoms with van der Waals surface area (Å²) in [5.41, 5.74) is 4.02. The lowest BCUT2D eigenvalue weighted by Crippen LogP contribution is -2.38. The van der Waals surface area contributed by atoms with Crippen LogP contribution in [0.2, 0.25) is 0 Å². The SMILES string of the molecule is CCC1(C)CCN(c2ccc(C)cc2CO)CC1. The number of nitrogens with zero attached hydrogens (tertiary/aromatic N) is 1. The zero-order valence-electron chi connectivity index (χ0n) is 11.9. The Labute approximate surface area is 111 Å². The number of benzene rings is 1. The van der Waals surface area contributed by atoms with Crippen LogP contribution in [0, 0.1) is 12.3 Å². The van der Waals surface area contributed by atoms with Gasteiger partial charge in [-0.2, -0.15) is 0 Å². The molecule has 1 aromatic rings. The van der Waals surface area contributed by atoms with E-state index in [1.165, 1.54) is 30.5 Å². The van der Waals surface area contributed by atoms with Crippen molar-refractivity contribution in [2.24, 2.45) is 5.41 Å². The summed E-state index contributed by atoms with van der Waals surface area (Å²) < 4.78 is 0. The third-order valence-corrected chi connectivity index (χ3v) is 4.57. The second-order valence-corrected chi connectivity index (χ2v) is 5.94. The smallest absolute Gasteiger partial charge is 0.0702 e. The summed E-state index contributed by atoms with van der Waals surface area (Å²) in [6, 6.07) is 6.40. The number of aliphatic hydroxyl groups is 1. The molecule has 2 rings (SSSR count). The van der Waals surface area contributed by atoms with Gasteiger partial charge in [-0.05, 0) is 31.2 Å². The van der Waals surface area contributed by atoms with Crippen LogP contribution >= 0.6 is 0 Å². The van der Waals surface area contributed by atoms with E-state index in [1.807, 2.05) is 0 Å². The molecule has 0 spiro atoms. The second-order valence-electron chi connectivity index (χ2n) is 5.94. The van der Waals surface area contributed by atoms with Gasteiger partial charge in [0.2, 0.25) is 0 Å². The van der Waals surface area contributed by atoms with E-state index in [2.05, 4.69) is 43.9 Å². The van der Waals surface area contributed by atoms with Crippen LogP contribution in [-0.4, -0.2) is 18.2 Å². The normalized spacial score (nSPS) is 19.0. The highest BCUT2D eigenvalue weighted by atomic mass is 16.3. The van der Waals surface area contributed by atoms with Gasteiger partial charge in [0.25, 0.3) is 0 Å². The Kier molecular flexibility index (Phi) is 3.96. The maximum atomic E-state index is 9.50. The fourth-order valence-electron chi connectivity index (χ4n) is 2.79. The summed E-state index contributed by atoms with van der Waals surface area (Å²) in [6.45, 7) is 9.12. The fourth-order valence-corrected chi connectivity index (χ4v) is 2.79. The van der Waals surface area contributed by atoms with Crippen LogP contribution in [0.3, 0.4) is 0 Å². The lowest BCUT2D eigenvalue weighted by atomic mass is 9.78. The molecule has 1 aromatic carbocycles. The highest BCUT2D eigenvalue weighted by molar-refractivity contribution is 5.55. The molecule has 0 aliphatic carbocycles. The molecule has 2 nitrogen and oxygen atoms in total. The molecule has 0 saturated carbocycles. The van der Waals surface area contributed by atoms with E-state index < -0.39 is 0 Å². The van der Waals surface area contributed by atoms with E-state index in [-0.39, 0.29) is 6.61 Å². The van der Waals surface area contributed by atoms with Gasteiger partial charge >= 0.3 is 0 Å². The van der Waals surface area contributed by atoms with E-state index in [0.29, 0.717) is 5.41 Å². The molecule has 18 heavy (non-hydrogen) atoms. The van der Waals surface area contributed by atoms with Crippen molar-refractivity contribution in [3.8, 4) is 0 Å². The quantitative estimate of drug-likeness (QED) is 0.883. The molecule has 1 aliphatic rings. The molecule has 0 unspecified atom stereocenters. The predicted octanol–water partition coefficient (Wildman–Crippen LogP) is 3.50. The summed E-state index contributed by atoms with van der Waals surface area (Å²) in [6.07, 6.45) is 3.77. The van der Waals surface area contributed by atoms with Crippen molar-refractivity contribution >= 4 is 5.69 Å². The van der Waals surface area contributed by atoms with Crippen molar-refractivity contribution < 1.29 is 5.11 Å². The van der Waals surface area contributed by atoms with Gasteiger partial charge in [-0.25, -0.2) is 0 Å². The number of rotatable bonds is 3. The molecule has 1 saturated heterocycles. The molecular weight excluding hydrogens is 222 g/mol. The molecule has 100 valence electrons. The van der Waals surface area contributed by atoms with Crippen LogP contribution in [0.1, 0.15) is 44.2 Å². The molecule has 0 amide bonds. The number of aryl methyl sites for hydroxylation is 1. The summed E-state index contributed by atoms with van der Waals surface area (Å²) >= 11 is 0. The molecule has 1 heterocycles. The van der Waals surface area contributed by atoms with Crippen LogP contribution in [0.5, 0.6) is 0 Å². The Balaban J connectivity index is 2.14. The Hall–Kier alpha value is -1.02. The van der Waals surface area contributed by atoms with Crippen molar-refractivity contribution in [3.05, 3.63) is 29.3 Å². The molecule has 0 radical (unpaired) electrons. The summed E-state index contributed by atoms with van der Waals surface area (Å²) in [4.78, 5) is 2.43. The van der Waals surface area contributed by atoms with Crippen molar-refractivity contribution in [2.45, 2.75) is 46.6 Å². The minimum atomic E-state index is 0.137. The molecule has 1 N–H and O–H groups in total. The van der Waals surface area contributed by atoms with Crippen molar-refractivity contribution in [2.75, 3.05) is 18.0 Å². The first-order chi connectivity index (χ1) is 8.58. The minimum absolute atomic E-state index is 0.137. The highest BCUT2D eigenvalue weighted by Gasteiger charge is 2.28. The Morgan fingerprint density at radius 2 is 1.94 bits per heavy atom. The van der Waals surface area contributed by atoms with E-state index >= 15 is 0 Å². The van der Waals surface area contributed by atoms with Crippen LogP contribution in [0.15, 0.2) is 18.2 Å². The average Bonchev–Trinajstić information content (AvgIpc) is 2.40. The molecule has 1 fully saturated rings. The van der Waals surface area contributed by atoms with Gasteiger partial charge < -0.3 is 10.0 Å². The average molecular weight is 247 g/mol. The van der Waals surface area contributed by atoms with E-state index in [9.17, 15) is 5.11 Å². The molecule has 2 heteroatoms. The molecule has 1 aliphatic heterocycles. The lowest BCUT2D eigenvalue weighted by molar-refractivity contribution is 0.237. The van der Waals surface area contributed by atoms with Gasteiger partial charge in [0, 0.05) is 24.3 Å². The summed E-state index contributed by atoms with van der Waals surface area (Å²) in [7, 11) is 0. The van der Waals surface area contributed by atoms with Gasteiger partial charge in [-0.15, -0.1) is 0 Å². The third-order valence-electron chi connectivity index (χ3n) is 4.57. The van der Waals surface area contributed by atoms with Gasteiger partial charge in [-0.1, -0.05) is 38.0 Å². The predicted molar refractivity (Wildman–Crippen MR) is 76.9 cm³/mol. The Morgan fingerprint density at radius 3 is 2.50 bits per heavy atom. The third kappa shape index (κ3) is 2.69. The second kappa shape index (κ2) is 5.31. The fraction of sp³-hybridized carbons (Fsp3) is 0.625. The zero-order chi connectivity index (χ0) is 13.2. The van der Waals surface area contributed by atoms with Crippen molar-refractivity contribution in [1.29, 1.82) is 0 Å². The maximum Gasteiger partial charge on any atom is 0.0702 e. The first-order valence-corrected chi connectivity index (χ1v) is 7.03. The minimum Gasteiger partial charge on any atom is -0.392 e. The first-order valence-electron chi connectivity index (χ1n) is 7.03. The zero-order valence-corrected chi connectivity index (χ0v) is 11.9. The van der Waals surface area contributed by atoms with E-state index in [4.69, 9.17) is 0 Å². The van der Waals surface area contributed by atoms with E-state index in [0.717, 1.165) is 18.7 Å². The van der Waals surface area contributed by atoms with Gasteiger partial charge in [0.05, 0.1) is 6.61 Å². The lowest BCUT2D eigenvalue weighted by Gasteiger charge is -2.40. The number of anilines is 1. The van der Waals surface area contributed by atoms with Gasteiger partial charge in [-0.3, -0.25) is 0 Å². The van der Waals surface area contributed by atoms with Crippen LogP contribution < -0.4 is 4.90 Å². The molecule has 0 atom stereocenters. The van der Waals surface area contributed by atoms with Crippen molar-refractivity contribution in [3.63, 3.8) is 0 Å². The largest absolute Gasteiger partial charge is 0.392 e. The highest BCUT2D eigenvalue weighted by Crippen LogP contribution is 2.36. The standard InChI is InChI=1S/C16H25NO/c1-4-16(3)7-9-17(10-8-16)15-6-5-13(2)11-14(15)12-18/h5-6,11,18H,4,7-10,12H2,1-3H3. The molecule has 0 aromatic heterocycles. The van der Waals surface area contributed by atoms with E-state index in [1.54, 1.807) is 0 Å².